The molecular formula is C11H6ClF5N2O2. The number of hydrogen-bond acceptors (Lipinski definition) is 2. The Morgan fingerprint density at radius 2 is 2.00 bits per heavy atom. The van der Waals surface area contributed by atoms with Crippen molar-refractivity contribution in [2.75, 3.05) is 0 Å². The maximum Gasteiger partial charge on any atom is 0.420 e. The summed E-state index contributed by atoms with van der Waals surface area (Å²) in [5.74, 6) is -1.93. The zero-order chi connectivity index (χ0) is 16.1. The molecule has 4 nitrogen and oxygen atoms in total. The number of aryl methyl sites for hydroxylation is 1. The Bertz CT molecular complexity index is 739. The average molecular weight is 329 g/mol. The second-order valence-corrected chi connectivity index (χ2v) is 4.52. The lowest BCUT2D eigenvalue weighted by atomic mass is 10.1. The van der Waals surface area contributed by atoms with Crippen LogP contribution in [0.4, 0.5) is 22.0 Å². The van der Waals surface area contributed by atoms with Gasteiger partial charge in [-0.2, -0.15) is 18.3 Å². The van der Waals surface area contributed by atoms with Crippen LogP contribution in [0.1, 0.15) is 33.6 Å². The number of aromatic carboxylic acids is 1. The number of carbonyl (C=O) groups is 1. The smallest absolute Gasteiger partial charge is 0.420 e. The molecule has 0 aromatic carbocycles. The van der Waals surface area contributed by atoms with E-state index >= 15 is 0 Å². The molecule has 0 aliphatic heterocycles. The standard InChI is InChI=1S/C11H6ClF5N2O2/c1-3-4(9(13)14)2-5(12)19-8(3)6(11(15,16)17)7(18-19)10(20)21/h2,9H,1H3,(H,20,21). The number of fused-ring (bicyclic) bond motifs is 1. The molecule has 2 aromatic rings. The van der Waals surface area contributed by atoms with Gasteiger partial charge in [0.25, 0.3) is 6.43 Å². The lowest BCUT2D eigenvalue weighted by Gasteiger charge is -2.11. The maximum absolute atomic E-state index is 13.1. The molecule has 0 saturated carbocycles. The van der Waals surface area contributed by atoms with Gasteiger partial charge in [-0.15, -0.1) is 0 Å². The molecule has 0 spiro atoms. The van der Waals surface area contributed by atoms with Gasteiger partial charge in [-0.05, 0) is 18.6 Å². The fraction of sp³-hybridized carbons (Fsp3) is 0.273. The van der Waals surface area contributed by atoms with Crippen molar-refractivity contribution in [1.29, 1.82) is 0 Å². The number of halogens is 6. The van der Waals surface area contributed by atoms with Crippen LogP contribution in [0.25, 0.3) is 5.52 Å². The van der Waals surface area contributed by atoms with E-state index < -0.39 is 51.6 Å². The fourth-order valence-electron chi connectivity index (χ4n) is 2.00. The van der Waals surface area contributed by atoms with E-state index in [4.69, 9.17) is 16.7 Å². The van der Waals surface area contributed by atoms with Crippen molar-refractivity contribution in [3.8, 4) is 0 Å². The molecule has 0 amide bonds. The highest BCUT2D eigenvalue weighted by Gasteiger charge is 2.41. The van der Waals surface area contributed by atoms with E-state index in [1.807, 2.05) is 0 Å². The molecule has 0 aliphatic rings. The van der Waals surface area contributed by atoms with Gasteiger partial charge in [0.05, 0.1) is 5.52 Å². The van der Waals surface area contributed by atoms with Gasteiger partial charge in [0.2, 0.25) is 0 Å². The second-order valence-electron chi connectivity index (χ2n) is 4.14. The van der Waals surface area contributed by atoms with Gasteiger partial charge in [0, 0.05) is 5.56 Å². The van der Waals surface area contributed by atoms with Gasteiger partial charge in [-0.25, -0.2) is 18.1 Å². The van der Waals surface area contributed by atoms with Gasteiger partial charge in [-0.1, -0.05) is 11.6 Å². The molecule has 0 bridgehead atoms. The first-order valence-electron chi connectivity index (χ1n) is 5.36. The molecule has 0 radical (unpaired) electrons. The van der Waals surface area contributed by atoms with E-state index in [1.165, 1.54) is 0 Å². The predicted octanol–water partition coefficient (Wildman–Crippen LogP) is 3.95. The number of hydrogen-bond donors (Lipinski definition) is 1. The Morgan fingerprint density at radius 3 is 2.43 bits per heavy atom. The summed E-state index contributed by atoms with van der Waals surface area (Å²) in [4.78, 5) is 10.9. The highest BCUT2D eigenvalue weighted by Crippen LogP contribution is 2.39. The summed E-state index contributed by atoms with van der Waals surface area (Å²) in [7, 11) is 0. The maximum atomic E-state index is 13.1. The van der Waals surface area contributed by atoms with Gasteiger partial charge in [0.1, 0.15) is 10.7 Å². The molecule has 0 fully saturated rings. The van der Waals surface area contributed by atoms with Crippen LogP contribution in [0.3, 0.4) is 0 Å². The van der Waals surface area contributed by atoms with Crippen molar-refractivity contribution in [3.05, 3.63) is 33.6 Å². The number of carboxylic acids is 1. The number of carboxylic acid groups (broad SMARTS) is 1. The predicted molar refractivity (Wildman–Crippen MR) is 61.9 cm³/mol. The Balaban J connectivity index is 3.03. The molecule has 2 rings (SSSR count). The molecular weight excluding hydrogens is 323 g/mol. The first-order valence-corrected chi connectivity index (χ1v) is 5.73. The summed E-state index contributed by atoms with van der Waals surface area (Å²) in [6, 6.07) is 0.757. The first kappa shape index (κ1) is 15.5. The highest BCUT2D eigenvalue weighted by atomic mass is 35.5. The van der Waals surface area contributed by atoms with E-state index in [2.05, 4.69) is 5.10 Å². The fourth-order valence-corrected chi connectivity index (χ4v) is 2.24. The summed E-state index contributed by atoms with van der Waals surface area (Å²) in [6.07, 6.45) is -8.14. The van der Waals surface area contributed by atoms with Crippen molar-refractivity contribution in [2.45, 2.75) is 19.5 Å². The normalized spacial score (nSPS) is 12.4. The molecule has 21 heavy (non-hydrogen) atoms. The molecule has 0 aliphatic carbocycles. The Morgan fingerprint density at radius 1 is 1.43 bits per heavy atom. The van der Waals surface area contributed by atoms with Crippen LogP contribution in [-0.4, -0.2) is 20.7 Å². The number of alkyl halides is 5. The molecule has 1 N–H and O–H groups in total. The molecule has 2 aromatic heterocycles. The van der Waals surface area contributed by atoms with Crippen LogP contribution < -0.4 is 0 Å². The Hall–Kier alpha value is -1.90. The van der Waals surface area contributed by atoms with E-state index in [1.54, 1.807) is 0 Å². The zero-order valence-electron chi connectivity index (χ0n) is 10.2. The summed E-state index contributed by atoms with van der Waals surface area (Å²) in [5, 5.41) is 11.5. The number of nitrogens with zero attached hydrogens (tertiary/aromatic N) is 2. The summed E-state index contributed by atoms with van der Waals surface area (Å²) >= 11 is 5.63. The minimum atomic E-state index is -5.08. The zero-order valence-corrected chi connectivity index (χ0v) is 10.9. The SMILES string of the molecule is Cc1c(C(F)F)cc(Cl)n2nc(C(=O)O)c(C(F)(F)F)c12. The lowest BCUT2D eigenvalue weighted by Crippen LogP contribution is -2.12. The van der Waals surface area contributed by atoms with Crippen molar-refractivity contribution in [3.63, 3.8) is 0 Å². The third-order valence-electron chi connectivity index (χ3n) is 2.87. The summed E-state index contributed by atoms with van der Waals surface area (Å²) in [6.45, 7) is 1.02. The average Bonchev–Trinajstić information content (AvgIpc) is 2.74. The quantitative estimate of drug-likeness (QED) is 0.671. The molecule has 0 unspecified atom stereocenters. The van der Waals surface area contributed by atoms with Crippen molar-refractivity contribution in [1.82, 2.24) is 9.61 Å². The summed E-state index contributed by atoms with van der Waals surface area (Å²) < 4.78 is 65.4. The van der Waals surface area contributed by atoms with Gasteiger partial charge in [0.15, 0.2) is 5.69 Å². The van der Waals surface area contributed by atoms with Crippen LogP contribution in [0, 0.1) is 6.92 Å². The minimum absolute atomic E-state index is 0.429. The third-order valence-corrected chi connectivity index (χ3v) is 3.14. The van der Waals surface area contributed by atoms with E-state index in [0.29, 0.717) is 4.52 Å². The van der Waals surface area contributed by atoms with Gasteiger partial charge >= 0.3 is 12.1 Å². The van der Waals surface area contributed by atoms with Crippen molar-refractivity contribution >= 4 is 23.1 Å². The van der Waals surface area contributed by atoms with E-state index in [0.717, 1.165) is 13.0 Å². The van der Waals surface area contributed by atoms with Crippen molar-refractivity contribution in [2.24, 2.45) is 0 Å². The molecule has 2 heterocycles. The largest absolute Gasteiger partial charge is 0.476 e. The highest BCUT2D eigenvalue weighted by molar-refractivity contribution is 6.30. The molecule has 10 heteroatoms. The number of pyridine rings is 1. The second kappa shape index (κ2) is 4.83. The third kappa shape index (κ3) is 2.41. The topological polar surface area (TPSA) is 54.6 Å². The first-order chi connectivity index (χ1) is 9.55. The van der Waals surface area contributed by atoms with Crippen molar-refractivity contribution < 1.29 is 31.9 Å². The van der Waals surface area contributed by atoms with Crippen LogP contribution >= 0.6 is 11.6 Å². The van der Waals surface area contributed by atoms with E-state index in [9.17, 15) is 26.7 Å². The Kier molecular flexibility index (Phi) is 3.56. The lowest BCUT2D eigenvalue weighted by molar-refractivity contribution is -0.136. The molecule has 0 atom stereocenters. The Labute approximate surface area is 118 Å². The van der Waals surface area contributed by atoms with E-state index in [-0.39, 0.29) is 0 Å². The number of rotatable bonds is 2. The van der Waals surface area contributed by atoms with Crippen LogP contribution in [0.2, 0.25) is 5.15 Å². The van der Waals surface area contributed by atoms with Crippen LogP contribution in [0.15, 0.2) is 6.07 Å². The monoisotopic (exact) mass is 328 g/mol. The van der Waals surface area contributed by atoms with Gasteiger partial charge < -0.3 is 5.11 Å². The number of aromatic nitrogens is 2. The van der Waals surface area contributed by atoms with Gasteiger partial charge in [-0.3, -0.25) is 0 Å². The van der Waals surface area contributed by atoms with Crippen LogP contribution in [-0.2, 0) is 6.18 Å². The van der Waals surface area contributed by atoms with Crippen LogP contribution in [0.5, 0.6) is 0 Å². The minimum Gasteiger partial charge on any atom is -0.476 e. The molecule has 0 saturated heterocycles. The summed E-state index contributed by atoms with van der Waals surface area (Å²) in [5.41, 5.74) is -4.82. The molecule has 114 valence electrons.